The van der Waals surface area contributed by atoms with E-state index < -0.39 is 9.84 Å². The highest BCUT2D eigenvalue weighted by atomic mass is 32.2. The van der Waals surface area contributed by atoms with Crippen molar-refractivity contribution in [2.24, 2.45) is 5.41 Å². The molecular weight excluding hydrogens is 400 g/mol. The van der Waals surface area contributed by atoms with Gasteiger partial charge in [0.05, 0.1) is 21.9 Å². The summed E-state index contributed by atoms with van der Waals surface area (Å²) in [4.78, 5) is 2.58. The van der Waals surface area contributed by atoms with Crippen LogP contribution >= 0.6 is 11.9 Å². The van der Waals surface area contributed by atoms with E-state index in [9.17, 15) is 8.42 Å². The number of nitrogens with zero attached hydrogens (tertiary/aromatic N) is 2. The van der Waals surface area contributed by atoms with Crippen molar-refractivity contribution in [3.8, 4) is 0 Å². The van der Waals surface area contributed by atoms with Crippen LogP contribution in [0, 0.1) is 5.41 Å². The highest BCUT2D eigenvalue weighted by Gasteiger charge is 2.52. The van der Waals surface area contributed by atoms with E-state index in [0.717, 1.165) is 17.7 Å². The Kier molecular flexibility index (Phi) is 4.98. The van der Waals surface area contributed by atoms with Crippen LogP contribution in [0.2, 0.25) is 0 Å². The summed E-state index contributed by atoms with van der Waals surface area (Å²) in [7, 11) is 0.870. The summed E-state index contributed by atoms with van der Waals surface area (Å²) in [6.45, 7) is 4.58. The van der Waals surface area contributed by atoms with Gasteiger partial charge in [0.1, 0.15) is 0 Å². The van der Waals surface area contributed by atoms with Crippen molar-refractivity contribution >= 4 is 39.2 Å². The number of benzene rings is 2. The van der Waals surface area contributed by atoms with Gasteiger partial charge in [-0.05, 0) is 53.8 Å². The number of sulfone groups is 1. The molecule has 2 atom stereocenters. The van der Waals surface area contributed by atoms with Crippen LogP contribution in [0.5, 0.6) is 0 Å². The van der Waals surface area contributed by atoms with E-state index in [2.05, 4.69) is 65.5 Å². The predicted octanol–water partition coefficient (Wildman–Crippen LogP) is 4.66. The van der Waals surface area contributed by atoms with Crippen LogP contribution in [-0.4, -0.2) is 40.1 Å². The van der Waals surface area contributed by atoms with Crippen molar-refractivity contribution in [1.82, 2.24) is 0 Å². The minimum atomic E-state index is -3.22. The lowest BCUT2D eigenvalue weighted by Crippen LogP contribution is -2.36. The number of anilines is 2. The van der Waals surface area contributed by atoms with Gasteiger partial charge in [-0.1, -0.05) is 44.2 Å². The van der Waals surface area contributed by atoms with Gasteiger partial charge in [0, 0.05) is 31.5 Å². The standard InChI is InChI=1S/C23H28N2O2S2/c1-23(2)21-15-18-19(7-6-8-20(18)29(5,26)27)25(21)28-22(23)14-11-16-9-12-17(13-10-16)24(3)4/h6-14,21-22H,15H2,1-5H3. The summed E-state index contributed by atoms with van der Waals surface area (Å²) in [6, 6.07) is 14.5. The Morgan fingerprint density at radius 3 is 2.45 bits per heavy atom. The third-order valence-corrected chi connectivity index (χ3v) is 8.97. The largest absolute Gasteiger partial charge is 0.378 e. The molecule has 2 heterocycles. The zero-order chi connectivity index (χ0) is 21.0. The molecule has 154 valence electrons. The fourth-order valence-electron chi connectivity index (χ4n) is 4.27. The SMILES string of the molecule is CN(C)c1ccc(C=CC2SN3c4cccc(S(C)(=O)=O)c4CC3C2(C)C)cc1. The van der Waals surface area contributed by atoms with Crippen LogP contribution in [0.3, 0.4) is 0 Å². The Bertz CT molecular complexity index is 1060. The Morgan fingerprint density at radius 1 is 1.14 bits per heavy atom. The second-order valence-corrected chi connectivity index (χ2v) is 11.9. The zero-order valence-corrected chi connectivity index (χ0v) is 19.2. The fraction of sp³-hybridized carbons (Fsp3) is 0.391. The molecule has 0 bridgehead atoms. The van der Waals surface area contributed by atoms with E-state index in [1.807, 2.05) is 32.1 Å². The van der Waals surface area contributed by atoms with Gasteiger partial charge in [-0.2, -0.15) is 0 Å². The highest BCUT2D eigenvalue weighted by Crippen LogP contribution is 2.56. The van der Waals surface area contributed by atoms with Crippen molar-refractivity contribution in [1.29, 1.82) is 0 Å². The smallest absolute Gasteiger partial charge is 0.175 e. The highest BCUT2D eigenvalue weighted by molar-refractivity contribution is 8.01. The van der Waals surface area contributed by atoms with Gasteiger partial charge in [0.25, 0.3) is 0 Å². The van der Waals surface area contributed by atoms with Crippen molar-refractivity contribution < 1.29 is 8.42 Å². The Morgan fingerprint density at radius 2 is 1.83 bits per heavy atom. The number of rotatable bonds is 4. The molecule has 0 saturated carbocycles. The molecule has 2 unspecified atom stereocenters. The van der Waals surface area contributed by atoms with Crippen molar-refractivity contribution in [3.63, 3.8) is 0 Å². The summed E-state index contributed by atoms with van der Waals surface area (Å²) in [5.74, 6) is 0. The van der Waals surface area contributed by atoms with E-state index in [1.165, 1.54) is 17.5 Å². The molecule has 2 aliphatic rings. The summed E-state index contributed by atoms with van der Waals surface area (Å²) < 4.78 is 26.8. The van der Waals surface area contributed by atoms with E-state index >= 15 is 0 Å². The van der Waals surface area contributed by atoms with Crippen LogP contribution in [-0.2, 0) is 16.3 Å². The normalized spacial score (nSPS) is 22.7. The first-order valence-electron chi connectivity index (χ1n) is 9.82. The second kappa shape index (κ2) is 7.10. The van der Waals surface area contributed by atoms with Gasteiger partial charge in [-0.25, -0.2) is 8.42 Å². The third-order valence-electron chi connectivity index (χ3n) is 6.12. The van der Waals surface area contributed by atoms with Crippen LogP contribution < -0.4 is 9.21 Å². The van der Waals surface area contributed by atoms with E-state index in [-0.39, 0.29) is 11.5 Å². The van der Waals surface area contributed by atoms with E-state index in [4.69, 9.17) is 0 Å². The molecule has 0 aliphatic carbocycles. The maximum atomic E-state index is 12.2. The van der Waals surface area contributed by atoms with Gasteiger partial charge < -0.3 is 9.21 Å². The molecule has 4 rings (SSSR count). The van der Waals surface area contributed by atoms with Gasteiger partial charge in [-0.15, -0.1) is 0 Å². The van der Waals surface area contributed by atoms with Crippen LogP contribution in [0.25, 0.3) is 6.08 Å². The van der Waals surface area contributed by atoms with E-state index in [0.29, 0.717) is 10.1 Å². The second-order valence-electron chi connectivity index (χ2n) is 8.76. The summed E-state index contributed by atoms with van der Waals surface area (Å²) >= 11 is 1.82. The van der Waals surface area contributed by atoms with Crippen molar-refractivity contribution in [2.75, 3.05) is 29.6 Å². The Hall–Kier alpha value is -1.92. The molecular formula is C23H28N2O2S2. The minimum Gasteiger partial charge on any atom is -0.378 e. The number of hydrogen-bond donors (Lipinski definition) is 0. The molecule has 4 nitrogen and oxygen atoms in total. The molecule has 1 saturated heterocycles. The van der Waals surface area contributed by atoms with Gasteiger partial charge in [0.2, 0.25) is 0 Å². The maximum Gasteiger partial charge on any atom is 0.175 e. The first kappa shape index (κ1) is 20.4. The summed E-state index contributed by atoms with van der Waals surface area (Å²) in [6.07, 6.45) is 6.58. The van der Waals surface area contributed by atoms with Gasteiger partial charge >= 0.3 is 0 Å². The molecule has 0 aromatic heterocycles. The molecule has 1 fully saturated rings. The Labute approximate surface area is 178 Å². The van der Waals surface area contributed by atoms with Crippen LogP contribution in [0.15, 0.2) is 53.4 Å². The maximum absolute atomic E-state index is 12.2. The molecule has 0 N–H and O–H groups in total. The zero-order valence-electron chi connectivity index (χ0n) is 17.6. The molecule has 2 aromatic rings. The Balaban J connectivity index is 1.60. The minimum absolute atomic E-state index is 0.0263. The lowest BCUT2D eigenvalue weighted by molar-refractivity contribution is 0.328. The first-order chi connectivity index (χ1) is 13.6. The average molecular weight is 429 g/mol. The number of hydrogen-bond acceptors (Lipinski definition) is 5. The van der Waals surface area contributed by atoms with Gasteiger partial charge in [-0.3, -0.25) is 0 Å². The number of fused-ring (bicyclic) bond motifs is 3. The fourth-order valence-corrected chi connectivity index (χ4v) is 6.83. The third kappa shape index (κ3) is 3.57. The van der Waals surface area contributed by atoms with E-state index in [1.54, 1.807) is 6.07 Å². The summed E-state index contributed by atoms with van der Waals surface area (Å²) in [5, 5.41) is 0.330. The molecule has 6 heteroatoms. The predicted molar refractivity (Wildman–Crippen MR) is 124 cm³/mol. The van der Waals surface area contributed by atoms with Crippen LogP contribution in [0.1, 0.15) is 25.0 Å². The van der Waals surface area contributed by atoms with Crippen molar-refractivity contribution in [2.45, 2.75) is 36.5 Å². The molecule has 29 heavy (non-hydrogen) atoms. The molecule has 2 aromatic carbocycles. The quantitative estimate of drug-likeness (QED) is 0.663. The molecule has 2 aliphatic heterocycles. The van der Waals surface area contributed by atoms with Crippen molar-refractivity contribution in [3.05, 3.63) is 59.7 Å². The summed E-state index contributed by atoms with van der Waals surface area (Å²) in [5.41, 5.74) is 4.44. The molecule has 0 radical (unpaired) electrons. The first-order valence-corrected chi connectivity index (χ1v) is 12.6. The average Bonchev–Trinajstić information content (AvgIpc) is 3.14. The van der Waals surface area contributed by atoms with Crippen LogP contribution in [0.4, 0.5) is 11.4 Å². The lowest BCUT2D eigenvalue weighted by Gasteiger charge is -2.28. The molecule has 0 spiro atoms. The van der Waals surface area contributed by atoms with Gasteiger partial charge in [0.15, 0.2) is 9.84 Å². The molecule has 0 amide bonds. The lowest BCUT2D eigenvalue weighted by atomic mass is 9.79. The monoisotopic (exact) mass is 428 g/mol. The topological polar surface area (TPSA) is 40.6 Å².